The van der Waals surface area contributed by atoms with Crippen LogP contribution >= 0.6 is 0 Å². The van der Waals surface area contributed by atoms with Crippen LogP contribution in [0.4, 0.5) is 0 Å². The number of amides is 2. The van der Waals surface area contributed by atoms with E-state index in [0.29, 0.717) is 32.4 Å². The first-order valence-corrected chi connectivity index (χ1v) is 8.17. The highest BCUT2D eigenvalue weighted by molar-refractivity contribution is 5.92. The third kappa shape index (κ3) is 2.69. The third-order valence-electron chi connectivity index (χ3n) is 5.00. The fourth-order valence-electron chi connectivity index (χ4n) is 3.86. The molecular formula is C15H23N3O4. The quantitative estimate of drug-likeness (QED) is 0.754. The predicted octanol–water partition coefficient (Wildman–Crippen LogP) is -0.195. The molecule has 3 unspecified atom stereocenters. The van der Waals surface area contributed by atoms with Crippen molar-refractivity contribution in [2.24, 2.45) is 0 Å². The minimum absolute atomic E-state index is 0.000535. The lowest BCUT2D eigenvalue weighted by Gasteiger charge is -2.31. The van der Waals surface area contributed by atoms with Crippen LogP contribution in [0.5, 0.6) is 0 Å². The van der Waals surface area contributed by atoms with Crippen LogP contribution in [0.1, 0.15) is 38.5 Å². The molecule has 0 aliphatic carbocycles. The molecule has 3 fully saturated rings. The molecule has 7 nitrogen and oxygen atoms in total. The fraction of sp³-hybridized carbons (Fsp3) is 0.800. The molecule has 0 spiro atoms. The molecule has 0 radical (unpaired) electrons. The van der Waals surface area contributed by atoms with Crippen molar-refractivity contribution in [3.05, 3.63) is 0 Å². The SMILES string of the molecule is O=C(O)C1CCCN1C(=O)C1CCCN1C(=O)C1CCCN1. The number of carbonyl (C=O) groups excluding carboxylic acids is 2. The Morgan fingerprint density at radius 1 is 0.864 bits per heavy atom. The summed E-state index contributed by atoms with van der Waals surface area (Å²) in [7, 11) is 0. The lowest BCUT2D eigenvalue weighted by atomic mass is 10.1. The van der Waals surface area contributed by atoms with Crippen molar-refractivity contribution in [2.45, 2.75) is 56.7 Å². The summed E-state index contributed by atoms with van der Waals surface area (Å²) in [5.74, 6) is -1.13. The minimum Gasteiger partial charge on any atom is -0.480 e. The molecule has 3 heterocycles. The number of carbonyl (C=O) groups is 3. The topological polar surface area (TPSA) is 90.0 Å². The minimum atomic E-state index is -0.945. The van der Waals surface area contributed by atoms with Crippen LogP contribution in [0.25, 0.3) is 0 Å². The maximum absolute atomic E-state index is 12.7. The maximum Gasteiger partial charge on any atom is 0.326 e. The summed E-state index contributed by atoms with van der Waals surface area (Å²) in [6, 6.07) is -1.38. The fourth-order valence-corrected chi connectivity index (χ4v) is 3.86. The number of nitrogens with zero attached hydrogens (tertiary/aromatic N) is 2. The van der Waals surface area contributed by atoms with E-state index in [1.807, 2.05) is 0 Å². The first kappa shape index (κ1) is 15.3. The summed E-state index contributed by atoms with van der Waals surface area (Å²) in [5.41, 5.74) is 0. The van der Waals surface area contributed by atoms with Crippen LogP contribution in [0.2, 0.25) is 0 Å². The van der Waals surface area contributed by atoms with Crippen LogP contribution in [-0.4, -0.2) is 70.4 Å². The number of nitrogens with one attached hydrogen (secondary N) is 1. The molecule has 0 saturated carbocycles. The Morgan fingerprint density at radius 2 is 1.50 bits per heavy atom. The number of rotatable bonds is 3. The Kier molecular flexibility index (Phi) is 4.33. The molecule has 0 aromatic rings. The number of carboxylic acids is 1. The molecule has 3 saturated heterocycles. The Hall–Kier alpha value is -1.63. The van der Waals surface area contributed by atoms with Crippen LogP contribution < -0.4 is 5.32 Å². The van der Waals surface area contributed by atoms with Crippen molar-refractivity contribution in [3.63, 3.8) is 0 Å². The van der Waals surface area contributed by atoms with E-state index < -0.39 is 18.1 Å². The van der Waals surface area contributed by atoms with E-state index in [9.17, 15) is 19.5 Å². The van der Waals surface area contributed by atoms with Gasteiger partial charge in [-0.05, 0) is 45.1 Å². The summed E-state index contributed by atoms with van der Waals surface area (Å²) >= 11 is 0. The standard InChI is InChI=1S/C15H23N3O4/c19-13(10-4-1-7-16-10)17-8-2-5-11(17)14(20)18-9-3-6-12(18)15(21)22/h10-12,16H,1-9H2,(H,21,22). The van der Waals surface area contributed by atoms with E-state index in [4.69, 9.17) is 0 Å². The van der Waals surface area contributed by atoms with Gasteiger partial charge in [0, 0.05) is 13.1 Å². The van der Waals surface area contributed by atoms with Gasteiger partial charge in [0.2, 0.25) is 11.8 Å². The van der Waals surface area contributed by atoms with Gasteiger partial charge in [0.1, 0.15) is 12.1 Å². The normalized spacial score (nSPS) is 31.7. The average Bonchev–Trinajstić information content (AvgIpc) is 3.25. The van der Waals surface area contributed by atoms with Gasteiger partial charge >= 0.3 is 5.97 Å². The van der Waals surface area contributed by atoms with E-state index in [1.165, 1.54) is 4.90 Å². The number of aliphatic carboxylic acids is 1. The number of hydrogen-bond acceptors (Lipinski definition) is 4. The van der Waals surface area contributed by atoms with Gasteiger partial charge in [-0.1, -0.05) is 0 Å². The highest BCUT2D eigenvalue weighted by Gasteiger charge is 2.43. The van der Waals surface area contributed by atoms with Gasteiger partial charge in [-0.15, -0.1) is 0 Å². The molecule has 0 bridgehead atoms. The summed E-state index contributed by atoms with van der Waals surface area (Å²) in [5, 5.41) is 12.4. The van der Waals surface area contributed by atoms with Crippen LogP contribution in [0.3, 0.4) is 0 Å². The van der Waals surface area contributed by atoms with E-state index in [0.717, 1.165) is 25.8 Å². The van der Waals surface area contributed by atoms with Gasteiger partial charge in [-0.25, -0.2) is 4.79 Å². The molecule has 3 aliphatic rings. The van der Waals surface area contributed by atoms with Crippen molar-refractivity contribution >= 4 is 17.8 Å². The zero-order valence-corrected chi connectivity index (χ0v) is 12.7. The second-order valence-electron chi connectivity index (χ2n) is 6.37. The highest BCUT2D eigenvalue weighted by atomic mass is 16.4. The molecule has 122 valence electrons. The Labute approximate surface area is 129 Å². The van der Waals surface area contributed by atoms with Crippen LogP contribution in [-0.2, 0) is 14.4 Å². The van der Waals surface area contributed by atoms with E-state index in [1.54, 1.807) is 4.90 Å². The Bertz CT molecular complexity index is 475. The second-order valence-corrected chi connectivity index (χ2v) is 6.37. The first-order chi connectivity index (χ1) is 10.6. The molecule has 2 amide bonds. The summed E-state index contributed by atoms with van der Waals surface area (Å²) < 4.78 is 0. The predicted molar refractivity (Wildman–Crippen MR) is 78.1 cm³/mol. The van der Waals surface area contributed by atoms with E-state index in [-0.39, 0.29) is 17.9 Å². The van der Waals surface area contributed by atoms with Crippen molar-refractivity contribution in [1.29, 1.82) is 0 Å². The Balaban J connectivity index is 1.70. The smallest absolute Gasteiger partial charge is 0.326 e. The van der Waals surface area contributed by atoms with Gasteiger partial charge in [0.25, 0.3) is 0 Å². The van der Waals surface area contributed by atoms with Crippen molar-refractivity contribution in [2.75, 3.05) is 19.6 Å². The largest absolute Gasteiger partial charge is 0.480 e. The number of likely N-dealkylation sites (tertiary alicyclic amines) is 2. The third-order valence-corrected chi connectivity index (χ3v) is 5.00. The molecule has 3 rings (SSSR count). The molecule has 7 heteroatoms. The average molecular weight is 309 g/mol. The molecule has 22 heavy (non-hydrogen) atoms. The molecule has 0 aromatic carbocycles. The molecular weight excluding hydrogens is 286 g/mol. The van der Waals surface area contributed by atoms with Crippen molar-refractivity contribution in [1.82, 2.24) is 15.1 Å². The lowest BCUT2D eigenvalue weighted by molar-refractivity contribution is -0.152. The monoisotopic (exact) mass is 309 g/mol. The molecule has 3 atom stereocenters. The van der Waals surface area contributed by atoms with Gasteiger partial charge < -0.3 is 20.2 Å². The van der Waals surface area contributed by atoms with E-state index >= 15 is 0 Å². The first-order valence-electron chi connectivity index (χ1n) is 8.17. The van der Waals surface area contributed by atoms with Gasteiger partial charge in [0.05, 0.1) is 6.04 Å². The summed E-state index contributed by atoms with van der Waals surface area (Å²) in [4.78, 5) is 39.7. The molecule has 3 aliphatic heterocycles. The second kappa shape index (κ2) is 6.24. The zero-order valence-electron chi connectivity index (χ0n) is 12.7. The number of hydrogen-bond donors (Lipinski definition) is 2. The zero-order chi connectivity index (χ0) is 15.7. The van der Waals surface area contributed by atoms with Crippen molar-refractivity contribution in [3.8, 4) is 0 Å². The van der Waals surface area contributed by atoms with Gasteiger partial charge in [-0.2, -0.15) is 0 Å². The van der Waals surface area contributed by atoms with Gasteiger partial charge in [-0.3, -0.25) is 9.59 Å². The molecule has 2 N–H and O–H groups in total. The lowest BCUT2D eigenvalue weighted by Crippen LogP contribution is -2.53. The van der Waals surface area contributed by atoms with Gasteiger partial charge in [0.15, 0.2) is 0 Å². The summed E-state index contributed by atoms with van der Waals surface area (Å²) in [6.07, 6.45) is 4.47. The molecule has 0 aromatic heterocycles. The van der Waals surface area contributed by atoms with Crippen molar-refractivity contribution < 1.29 is 19.5 Å². The van der Waals surface area contributed by atoms with Crippen LogP contribution in [0, 0.1) is 0 Å². The number of carboxylic acid groups (broad SMARTS) is 1. The van der Waals surface area contributed by atoms with E-state index in [2.05, 4.69) is 5.32 Å². The van der Waals surface area contributed by atoms with Crippen LogP contribution in [0.15, 0.2) is 0 Å². The Morgan fingerprint density at radius 3 is 2.09 bits per heavy atom. The summed E-state index contributed by atoms with van der Waals surface area (Å²) in [6.45, 7) is 1.92. The highest BCUT2D eigenvalue weighted by Crippen LogP contribution is 2.26. The maximum atomic E-state index is 12.7.